The average molecular weight is 323 g/mol. The van der Waals surface area contributed by atoms with Crippen LogP contribution < -0.4 is 5.43 Å². The Morgan fingerprint density at radius 3 is 2.78 bits per heavy atom. The molecule has 6 nitrogen and oxygen atoms in total. The highest BCUT2D eigenvalue weighted by molar-refractivity contribution is 6.30. The van der Waals surface area contributed by atoms with Crippen LogP contribution in [0.2, 0.25) is 5.02 Å². The Morgan fingerprint density at radius 2 is 1.91 bits per heavy atom. The number of hydrogen-bond acceptors (Lipinski definition) is 5. The molecule has 0 atom stereocenters. The predicted octanol–water partition coefficient (Wildman–Crippen LogP) is 3.38. The summed E-state index contributed by atoms with van der Waals surface area (Å²) >= 11 is 5.86. The summed E-state index contributed by atoms with van der Waals surface area (Å²) in [6.07, 6.45) is 3.35. The van der Waals surface area contributed by atoms with Crippen molar-refractivity contribution < 1.29 is 0 Å². The number of nitrogens with zero attached hydrogens (tertiary/aromatic N) is 5. The van der Waals surface area contributed by atoms with E-state index in [1.165, 1.54) is 0 Å². The number of benzene rings is 2. The van der Waals surface area contributed by atoms with E-state index in [2.05, 4.69) is 25.7 Å². The first-order valence-electron chi connectivity index (χ1n) is 6.94. The zero-order valence-corrected chi connectivity index (χ0v) is 12.6. The molecule has 112 valence electrons. The maximum absolute atomic E-state index is 5.86. The standard InChI is InChI=1S/C16H11ClN6/c17-12-7-5-11(6-8-12)9-18-21-15-16-22-19-10-23(16)14-4-2-1-3-13(14)20-15/h1-10H,(H,20,21). The van der Waals surface area contributed by atoms with Gasteiger partial charge >= 0.3 is 0 Å². The lowest BCUT2D eigenvalue weighted by Gasteiger charge is -2.05. The van der Waals surface area contributed by atoms with Crippen molar-refractivity contribution >= 4 is 40.3 Å². The minimum atomic E-state index is 0.548. The molecule has 2 aromatic carbocycles. The number of hydrazone groups is 1. The molecule has 1 N–H and O–H groups in total. The maximum Gasteiger partial charge on any atom is 0.205 e. The Kier molecular flexibility index (Phi) is 3.36. The van der Waals surface area contributed by atoms with E-state index in [-0.39, 0.29) is 0 Å². The van der Waals surface area contributed by atoms with E-state index in [0.29, 0.717) is 16.5 Å². The Hall–Kier alpha value is -2.99. The van der Waals surface area contributed by atoms with E-state index in [4.69, 9.17) is 11.6 Å². The van der Waals surface area contributed by atoms with Gasteiger partial charge in [0.05, 0.1) is 17.2 Å². The minimum absolute atomic E-state index is 0.548. The first kappa shape index (κ1) is 13.7. The largest absolute Gasteiger partial charge is 0.277 e. The van der Waals surface area contributed by atoms with Crippen molar-refractivity contribution in [2.75, 3.05) is 5.43 Å². The summed E-state index contributed by atoms with van der Waals surface area (Å²) < 4.78 is 1.88. The third kappa shape index (κ3) is 2.60. The van der Waals surface area contributed by atoms with Crippen LogP contribution in [0.4, 0.5) is 5.82 Å². The van der Waals surface area contributed by atoms with Gasteiger partial charge in [0.1, 0.15) is 6.33 Å². The molecular formula is C16H11ClN6. The van der Waals surface area contributed by atoms with Crippen LogP contribution in [0.1, 0.15) is 5.56 Å². The van der Waals surface area contributed by atoms with E-state index in [9.17, 15) is 0 Å². The Balaban J connectivity index is 1.70. The van der Waals surface area contributed by atoms with Gasteiger partial charge in [-0.1, -0.05) is 35.9 Å². The number of fused-ring (bicyclic) bond motifs is 3. The summed E-state index contributed by atoms with van der Waals surface area (Å²) in [5.74, 6) is 0.548. The van der Waals surface area contributed by atoms with Crippen molar-refractivity contribution in [1.29, 1.82) is 0 Å². The molecule has 0 saturated carbocycles. The highest BCUT2D eigenvalue weighted by Crippen LogP contribution is 2.19. The van der Waals surface area contributed by atoms with Crippen LogP contribution in [-0.2, 0) is 0 Å². The monoisotopic (exact) mass is 322 g/mol. The molecule has 4 rings (SSSR count). The SMILES string of the molecule is Clc1ccc(C=NNc2nc3ccccc3n3cnnc23)cc1. The molecule has 23 heavy (non-hydrogen) atoms. The fourth-order valence-corrected chi connectivity index (χ4v) is 2.42. The van der Waals surface area contributed by atoms with Crippen molar-refractivity contribution in [3.63, 3.8) is 0 Å². The van der Waals surface area contributed by atoms with Gasteiger partial charge in [-0.15, -0.1) is 10.2 Å². The average Bonchev–Trinajstić information content (AvgIpc) is 3.07. The van der Waals surface area contributed by atoms with Crippen molar-refractivity contribution in [3.05, 3.63) is 65.4 Å². The van der Waals surface area contributed by atoms with Gasteiger partial charge in [-0.2, -0.15) is 5.10 Å². The third-order valence-corrected chi connectivity index (χ3v) is 3.64. The molecule has 0 radical (unpaired) electrons. The highest BCUT2D eigenvalue weighted by Gasteiger charge is 2.08. The number of para-hydroxylation sites is 2. The summed E-state index contributed by atoms with van der Waals surface area (Å²) in [7, 11) is 0. The maximum atomic E-state index is 5.86. The van der Waals surface area contributed by atoms with Gasteiger partial charge in [0.25, 0.3) is 0 Å². The molecule has 2 heterocycles. The van der Waals surface area contributed by atoms with E-state index in [1.54, 1.807) is 12.5 Å². The molecule has 2 aromatic heterocycles. The highest BCUT2D eigenvalue weighted by atomic mass is 35.5. The fourth-order valence-electron chi connectivity index (χ4n) is 2.30. The zero-order valence-electron chi connectivity index (χ0n) is 11.9. The Bertz CT molecular complexity index is 1010. The van der Waals surface area contributed by atoms with Crippen LogP contribution in [0.5, 0.6) is 0 Å². The van der Waals surface area contributed by atoms with Crippen LogP contribution >= 0.6 is 11.6 Å². The lowest BCUT2D eigenvalue weighted by molar-refractivity contribution is 1.11. The summed E-state index contributed by atoms with van der Waals surface area (Å²) in [6, 6.07) is 15.2. The second-order valence-electron chi connectivity index (χ2n) is 4.90. The number of rotatable bonds is 3. The predicted molar refractivity (Wildman–Crippen MR) is 91.0 cm³/mol. The van der Waals surface area contributed by atoms with Crippen LogP contribution in [-0.4, -0.2) is 25.8 Å². The molecule has 0 fully saturated rings. The van der Waals surface area contributed by atoms with Gasteiger partial charge in [0, 0.05) is 5.02 Å². The first-order valence-corrected chi connectivity index (χ1v) is 7.32. The lowest BCUT2D eigenvalue weighted by atomic mass is 10.2. The number of nitrogens with one attached hydrogen (secondary N) is 1. The van der Waals surface area contributed by atoms with Gasteiger partial charge in [0.15, 0.2) is 5.82 Å². The molecule has 0 aliphatic rings. The van der Waals surface area contributed by atoms with Crippen molar-refractivity contribution in [2.24, 2.45) is 5.10 Å². The molecule has 0 unspecified atom stereocenters. The molecule has 7 heteroatoms. The smallest absolute Gasteiger partial charge is 0.205 e. The zero-order chi connectivity index (χ0) is 15.6. The second kappa shape index (κ2) is 5.66. The first-order chi connectivity index (χ1) is 11.3. The Labute approximate surface area is 136 Å². The van der Waals surface area contributed by atoms with Crippen molar-refractivity contribution in [1.82, 2.24) is 19.6 Å². The number of hydrogen-bond donors (Lipinski definition) is 1. The third-order valence-electron chi connectivity index (χ3n) is 3.39. The van der Waals surface area contributed by atoms with E-state index in [1.807, 2.05) is 52.9 Å². The van der Waals surface area contributed by atoms with Gasteiger partial charge < -0.3 is 0 Å². The van der Waals surface area contributed by atoms with Crippen molar-refractivity contribution in [2.45, 2.75) is 0 Å². The number of halogens is 1. The normalized spacial score (nSPS) is 11.5. The number of anilines is 1. The van der Waals surface area contributed by atoms with Crippen LogP contribution in [0.3, 0.4) is 0 Å². The van der Waals surface area contributed by atoms with Gasteiger partial charge in [-0.3, -0.25) is 9.83 Å². The van der Waals surface area contributed by atoms with Crippen LogP contribution in [0.25, 0.3) is 16.7 Å². The van der Waals surface area contributed by atoms with Crippen molar-refractivity contribution in [3.8, 4) is 0 Å². The quantitative estimate of drug-likeness (QED) is 0.464. The molecule has 0 amide bonds. The molecule has 0 saturated heterocycles. The van der Waals surface area contributed by atoms with Gasteiger partial charge in [-0.05, 0) is 29.8 Å². The van der Waals surface area contributed by atoms with E-state index >= 15 is 0 Å². The van der Waals surface area contributed by atoms with Crippen LogP contribution in [0, 0.1) is 0 Å². The molecule has 0 aliphatic carbocycles. The number of aromatic nitrogens is 4. The second-order valence-corrected chi connectivity index (χ2v) is 5.33. The lowest BCUT2D eigenvalue weighted by Crippen LogP contribution is -1.99. The molecule has 0 aliphatic heterocycles. The molecule has 4 aromatic rings. The van der Waals surface area contributed by atoms with Gasteiger partial charge in [0.2, 0.25) is 5.65 Å². The van der Waals surface area contributed by atoms with E-state index in [0.717, 1.165) is 16.6 Å². The Morgan fingerprint density at radius 1 is 1.09 bits per heavy atom. The molecule has 0 spiro atoms. The van der Waals surface area contributed by atoms with E-state index < -0.39 is 0 Å². The summed E-state index contributed by atoms with van der Waals surface area (Å²) in [6.45, 7) is 0. The summed E-state index contributed by atoms with van der Waals surface area (Å²) in [5, 5.41) is 13.0. The molecule has 0 bridgehead atoms. The van der Waals surface area contributed by atoms with Gasteiger partial charge in [-0.25, -0.2) is 4.98 Å². The fraction of sp³-hybridized carbons (Fsp3) is 0. The van der Waals surface area contributed by atoms with Crippen LogP contribution in [0.15, 0.2) is 60.0 Å². The summed E-state index contributed by atoms with van der Waals surface area (Å²) in [4.78, 5) is 4.55. The summed E-state index contributed by atoms with van der Waals surface area (Å²) in [5.41, 5.74) is 6.27. The molecular weight excluding hydrogens is 312 g/mol. The minimum Gasteiger partial charge on any atom is -0.277 e. The topological polar surface area (TPSA) is 67.5 Å².